The van der Waals surface area contributed by atoms with Gasteiger partial charge in [0.15, 0.2) is 0 Å². The second-order valence-corrected chi connectivity index (χ2v) is 6.13. The molecule has 0 radical (unpaired) electrons. The number of ether oxygens (including phenoxy) is 1. The van der Waals surface area contributed by atoms with E-state index in [9.17, 15) is 4.79 Å². The Balaban J connectivity index is 1.84. The molecule has 3 rings (SSSR count). The van der Waals surface area contributed by atoms with Crippen molar-refractivity contribution in [3.05, 3.63) is 23.3 Å². The number of amides is 1. The summed E-state index contributed by atoms with van der Waals surface area (Å²) in [4.78, 5) is 19.2. The lowest BCUT2D eigenvalue weighted by molar-refractivity contribution is 0.0781. The second kappa shape index (κ2) is 5.38. The van der Waals surface area contributed by atoms with Crippen molar-refractivity contribution in [1.29, 1.82) is 0 Å². The largest absolute Gasteiger partial charge is 0.397 e. The van der Waals surface area contributed by atoms with Gasteiger partial charge in [0.1, 0.15) is 4.88 Å². The predicted molar refractivity (Wildman–Crippen MR) is 79.9 cm³/mol. The van der Waals surface area contributed by atoms with Crippen LogP contribution in [0.2, 0.25) is 0 Å². The van der Waals surface area contributed by atoms with Gasteiger partial charge in [0, 0.05) is 43.9 Å². The molecule has 3 heterocycles. The van der Waals surface area contributed by atoms with E-state index >= 15 is 0 Å². The van der Waals surface area contributed by atoms with E-state index in [0.717, 1.165) is 29.6 Å². The van der Waals surface area contributed by atoms with Gasteiger partial charge in [-0.1, -0.05) is 0 Å². The molecule has 1 unspecified atom stereocenters. The average Bonchev–Trinajstić information content (AvgIpc) is 3.05. The first-order valence-electron chi connectivity index (χ1n) is 6.61. The van der Waals surface area contributed by atoms with E-state index in [-0.39, 0.29) is 5.91 Å². The van der Waals surface area contributed by atoms with Crippen LogP contribution in [0.25, 0.3) is 10.1 Å². The molecule has 1 saturated heterocycles. The van der Waals surface area contributed by atoms with Gasteiger partial charge in [0.25, 0.3) is 5.91 Å². The molecule has 1 fully saturated rings. The lowest BCUT2D eigenvalue weighted by Crippen LogP contribution is -2.29. The van der Waals surface area contributed by atoms with Crippen LogP contribution in [-0.4, -0.2) is 42.6 Å². The number of hydrogen-bond acceptors (Lipinski definition) is 5. The Kier molecular flexibility index (Phi) is 3.58. The Labute approximate surface area is 121 Å². The third-order valence-corrected chi connectivity index (χ3v) is 4.84. The van der Waals surface area contributed by atoms with Gasteiger partial charge >= 0.3 is 0 Å². The Hall–Kier alpha value is -1.66. The third-order valence-electron chi connectivity index (χ3n) is 3.70. The second-order valence-electron chi connectivity index (χ2n) is 5.08. The van der Waals surface area contributed by atoms with Crippen LogP contribution in [0.15, 0.2) is 18.5 Å². The van der Waals surface area contributed by atoms with Crippen LogP contribution in [0.5, 0.6) is 0 Å². The number of aromatic nitrogens is 1. The normalized spacial score (nSPS) is 18.9. The Morgan fingerprint density at radius 2 is 2.50 bits per heavy atom. The van der Waals surface area contributed by atoms with Gasteiger partial charge in [-0.05, 0) is 12.5 Å². The number of hydrogen-bond donors (Lipinski definition) is 1. The zero-order valence-electron chi connectivity index (χ0n) is 11.3. The summed E-state index contributed by atoms with van der Waals surface area (Å²) in [5.74, 6) is 0.462. The van der Waals surface area contributed by atoms with Crippen molar-refractivity contribution in [3.63, 3.8) is 0 Å². The molecule has 1 atom stereocenters. The summed E-state index contributed by atoms with van der Waals surface area (Å²) in [5.41, 5.74) is 6.69. The number of pyridine rings is 1. The van der Waals surface area contributed by atoms with Crippen molar-refractivity contribution >= 4 is 33.0 Å². The first-order chi connectivity index (χ1) is 9.70. The van der Waals surface area contributed by atoms with Gasteiger partial charge < -0.3 is 15.4 Å². The van der Waals surface area contributed by atoms with Crippen LogP contribution in [-0.2, 0) is 4.74 Å². The fourth-order valence-electron chi connectivity index (χ4n) is 2.66. The highest BCUT2D eigenvalue weighted by atomic mass is 32.1. The maximum absolute atomic E-state index is 12.6. The molecule has 2 aromatic rings. The van der Waals surface area contributed by atoms with Crippen LogP contribution >= 0.6 is 11.3 Å². The van der Waals surface area contributed by atoms with Crippen molar-refractivity contribution in [2.75, 3.05) is 32.5 Å². The molecular formula is C14H17N3O2S. The number of likely N-dealkylation sites (tertiary alicyclic amines) is 1. The van der Waals surface area contributed by atoms with Crippen LogP contribution in [0, 0.1) is 5.92 Å². The molecule has 1 aliphatic rings. The SMILES string of the molecule is COCC1CCN(C(=O)c2sc3cnccc3c2N)C1. The summed E-state index contributed by atoms with van der Waals surface area (Å²) in [7, 11) is 1.70. The molecule has 20 heavy (non-hydrogen) atoms. The van der Waals surface area contributed by atoms with E-state index in [1.165, 1.54) is 11.3 Å². The maximum atomic E-state index is 12.6. The van der Waals surface area contributed by atoms with E-state index in [1.807, 2.05) is 11.0 Å². The maximum Gasteiger partial charge on any atom is 0.266 e. The van der Waals surface area contributed by atoms with Crippen molar-refractivity contribution in [2.24, 2.45) is 5.92 Å². The fraction of sp³-hybridized carbons (Fsp3) is 0.429. The van der Waals surface area contributed by atoms with Gasteiger partial charge in [0.05, 0.1) is 17.0 Å². The molecule has 6 heteroatoms. The standard InChI is InChI=1S/C14H17N3O2S/c1-19-8-9-3-5-17(7-9)14(18)13-12(15)10-2-4-16-6-11(10)20-13/h2,4,6,9H,3,5,7-8,15H2,1H3. The summed E-state index contributed by atoms with van der Waals surface area (Å²) in [5, 5.41) is 0.918. The first kappa shape index (κ1) is 13.3. The topological polar surface area (TPSA) is 68.5 Å². The average molecular weight is 291 g/mol. The molecule has 0 bridgehead atoms. The highest BCUT2D eigenvalue weighted by Gasteiger charge is 2.29. The van der Waals surface area contributed by atoms with Gasteiger partial charge in [-0.2, -0.15) is 0 Å². The highest BCUT2D eigenvalue weighted by Crippen LogP contribution is 2.34. The minimum Gasteiger partial charge on any atom is -0.397 e. The van der Waals surface area contributed by atoms with E-state index in [1.54, 1.807) is 19.5 Å². The monoisotopic (exact) mass is 291 g/mol. The highest BCUT2D eigenvalue weighted by molar-refractivity contribution is 7.21. The zero-order chi connectivity index (χ0) is 14.1. The van der Waals surface area contributed by atoms with Crippen molar-refractivity contribution in [3.8, 4) is 0 Å². The first-order valence-corrected chi connectivity index (χ1v) is 7.42. The molecule has 106 valence electrons. The lowest BCUT2D eigenvalue weighted by Gasteiger charge is -2.15. The zero-order valence-corrected chi connectivity index (χ0v) is 12.2. The number of rotatable bonds is 3. The predicted octanol–water partition coefficient (Wildman–Crippen LogP) is 1.99. The van der Waals surface area contributed by atoms with Crippen LogP contribution in [0.1, 0.15) is 16.1 Å². The molecule has 0 aromatic carbocycles. The number of nitrogens with zero attached hydrogens (tertiary/aromatic N) is 2. The van der Waals surface area contributed by atoms with Crippen LogP contribution in [0.4, 0.5) is 5.69 Å². The summed E-state index contributed by atoms with van der Waals surface area (Å²) >= 11 is 1.42. The van der Waals surface area contributed by atoms with Gasteiger partial charge in [-0.25, -0.2) is 0 Å². The molecule has 2 aromatic heterocycles. The number of fused-ring (bicyclic) bond motifs is 1. The van der Waals surface area contributed by atoms with Gasteiger partial charge in [-0.3, -0.25) is 9.78 Å². The lowest BCUT2D eigenvalue weighted by atomic mass is 10.1. The number of nitrogen functional groups attached to an aromatic ring is 1. The minimum absolute atomic E-state index is 0.0299. The quantitative estimate of drug-likeness (QED) is 0.939. The van der Waals surface area contributed by atoms with Crippen LogP contribution < -0.4 is 5.73 Å². The minimum atomic E-state index is 0.0299. The van der Waals surface area contributed by atoms with E-state index < -0.39 is 0 Å². The summed E-state index contributed by atoms with van der Waals surface area (Å²) in [6.45, 7) is 2.23. The van der Waals surface area contributed by atoms with Crippen molar-refractivity contribution in [2.45, 2.75) is 6.42 Å². The number of anilines is 1. The number of methoxy groups -OCH3 is 1. The van der Waals surface area contributed by atoms with Gasteiger partial charge in [0.2, 0.25) is 0 Å². The number of carbonyl (C=O) groups is 1. The van der Waals surface area contributed by atoms with Crippen molar-refractivity contribution < 1.29 is 9.53 Å². The summed E-state index contributed by atoms with van der Waals surface area (Å²) in [6.07, 6.45) is 4.45. The number of thiophene rings is 1. The Bertz CT molecular complexity index is 640. The van der Waals surface area contributed by atoms with Crippen molar-refractivity contribution in [1.82, 2.24) is 9.88 Å². The molecule has 1 amide bonds. The Morgan fingerprint density at radius 1 is 1.65 bits per heavy atom. The number of carbonyl (C=O) groups excluding carboxylic acids is 1. The fourth-order valence-corrected chi connectivity index (χ4v) is 3.72. The molecule has 0 saturated carbocycles. The van der Waals surface area contributed by atoms with Crippen LogP contribution in [0.3, 0.4) is 0 Å². The molecule has 0 spiro atoms. The molecule has 5 nitrogen and oxygen atoms in total. The molecular weight excluding hydrogens is 274 g/mol. The summed E-state index contributed by atoms with van der Waals surface area (Å²) < 4.78 is 6.12. The van der Waals surface area contributed by atoms with Gasteiger partial charge in [-0.15, -0.1) is 11.3 Å². The summed E-state index contributed by atoms with van der Waals surface area (Å²) in [6, 6.07) is 1.86. The number of nitrogens with two attached hydrogens (primary N) is 1. The third kappa shape index (κ3) is 2.25. The molecule has 0 aliphatic carbocycles. The smallest absolute Gasteiger partial charge is 0.266 e. The van der Waals surface area contributed by atoms with E-state index in [4.69, 9.17) is 10.5 Å². The van der Waals surface area contributed by atoms with E-state index in [0.29, 0.717) is 23.1 Å². The Morgan fingerprint density at radius 3 is 3.25 bits per heavy atom. The van der Waals surface area contributed by atoms with E-state index in [2.05, 4.69) is 4.98 Å². The molecule has 2 N–H and O–H groups in total. The molecule has 1 aliphatic heterocycles.